The SMILES string of the molecule is CCCC/C=C(\Sc1ccccc1)C(=O)c1ccc([N+](=O)[O-])cc1. The molecule has 0 N–H and O–H groups in total. The molecule has 0 fully saturated rings. The second-order valence-corrected chi connectivity index (χ2v) is 6.37. The molecule has 0 saturated heterocycles. The number of rotatable bonds is 8. The van der Waals surface area contributed by atoms with Crippen molar-refractivity contribution in [3.05, 3.63) is 81.3 Å². The van der Waals surface area contributed by atoms with Gasteiger partial charge in [-0.3, -0.25) is 14.9 Å². The molecule has 124 valence electrons. The van der Waals surface area contributed by atoms with Crippen LogP contribution in [0.1, 0.15) is 36.5 Å². The predicted octanol–water partition coefficient (Wildman–Crippen LogP) is 5.64. The first kappa shape index (κ1) is 17.9. The largest absolute Gasteiger partial charge is 0.288 e. The normalized spacial score (nSPS) is 11.3. The zero-order valence-electron chi connectivity index (χ0n) is 13.5. The van der Waals surface area contributed by atoms with Gasteiger partial charge in [0.2, 0.25) is 0 Å². The predicted molar refractivity (Wildman–Crippen MR) is 97.3 cm³/mol. The number of Topliss-reactive ketones (excluding diaryl/α,β-unsaturated/α-hetero) is 1. The standard InChI is InChI=1S/C19H19NO3S/c1-2-3-5-10-18(24-17-8-6-4-7-9-17)19(21)15-11-13-16(14-12-15)20(22)23/h4,6-14H,2-3,5H2,1H3/b18-10-. The Hall–Kier alpha value is -2.40. The van der Waals surface area contributed by atoms with Gasteiger partial charge in [-0.2, -0.15) is 0 Å². The Kier molecular flexibility index (Phi) is 6.75. The van der Waals surface area contributed by atoms with E-state index in [1.165, 1.54) is 36.0 Å². The minimum atomic E-state index is -0.467. The number of non-ortho nitro benzene ring substituents is 1. The van der Waals surface area contributed by atoms with Gasteiger partial charge in [0, 0.05) is 22.6 Å². The minimum Gasteiger partial charge on any atom is -0.288 e. The van der Waals surface area contributed by atoms with Crippen LogP contribution >= 0.6 is 11.8 Å². The van der Waals surface area contributed by atoms with Crippen LogP contribution in [0.15, 0.2) is 70.5 Å². The maximum absolute atomic E-state index is 12.8. The van der Waals surface area contributed by atoms with E-state index in [4.69, 9.17) is 0 Å². The maximum atomic E-state index is 12.8. The molecule has 2 rings (SSSR count). The molecule has 0 saturated carbocycles. The third kappa shape index (κ3) is 5.06. The van der Waals surface area contributed by atoms with Gasteiger partial charge in [-0.25, -0.2) is 0 Å². The lowest BCUT2D eigenvalue weighted by Crippen LogP contribution is -2.01. The molecule has 0 aliphatic carbocycles. The van der Waals surface area contributed by atoms with E-state index in [0.29, 0.717) is 10.5 Å². The van der Waals surface area contributed by atoms with Crippen LogP contribution in [0.5, 0.6) is 0 Å². The van der Waals surface area contributed by atoms with E-state index < -0.39 is 4.92 Å². The number of hydrogen-bond donors (Lipinski definition) is 0. The van der Waals surface area contributed by atoms with Crippen molar-refractivity contribution in [2.75, 3.05) is 0 Å². The summed E-state index contributed by atoms with van der Waals surface area (Å²) in [6.45, 7) is 2.11. The smallest absolute Gasteiger partial charge is 0.269 e. The van der Waals surface area contributed by atoms with Gasteiger partial charge in [0.05, 0.1) is 9.83 Å². The molecule has 5 heteroatoms. The average Bonchev–Trinajstić information content (AvgIpc) is 2.61. The quantitative estimate of drug-likeness (QED) is 0.156. The lowest BCUT2D eigenvalue weighted by molar-refractivity contribution is -0.384. The number of carbonyl (C=O) groups is 1. The van der Waals surface area contributed by atoms with E-state index in [0.717, 1.165) is 24.2 Å². The summed E-state index contributed by atoms with van der Waals surface area (Å²) in [5.41, 5.74) is 0.450. The van der Waals surface area contributed by atoms with Gasteiger partial charge in [-0.15, -0.1) is 0 Å². The summed E-state index contributed by atoms with van der Waals surface area (Å²) < 4.78 is 0. The number of allylic oxidation sites excluding steroid dienone is 2. The van der Waals surface area contributed by atoms with Crippen LogP contribution in [0.2, 0.25) is 0 Å². The van der Waals surface area contributed by atoms with Gasteiger partial charge in [-0.05, 0) is 30.7 Å². The Morgan fingerprint density at radius 1 is 1.12 bits per heavy atom. The van der Waals surface area contributed by atoms with Crippen molar-refractivity contribution in [3.63, 3.8) is 0 Å². The van der Waals surface area contributed by atoms with Gasteiger partial charge >= 0.3 is 0 Å². The molecular formula is C19H19NO3S. The molecule has 0 aromatic heterocycles. The molecule has 0 atom stereocenters. The molecule has 0 spiro atoms. The topological polar surface area (TPSA) is 60.2 Å². The summed E-state index contributed by atoms with van der Waals surface area (Å²) in [4.78, 5) is 24.7. The van der Waals surface area contributed by atoms with Gasteiger partial charge in [0.15, 0.2) is 5.78 Å². The molecule has 0 aliphatic rings. The third-order valence-corrected chi connectivity index (χ3v) is 4.50. The first-order valence-corrected chi connectivity index (χ1v) is 8.65. The molecule has 0 aliphatic heterocycles. The molecular weight excluding hydrogens is 322 g/mol. The van der Waals surface area contributed by atoms with Crippen molar-refractivity contribution in [1.82, 2.24) is 0 Å². The average molecular weight is 341 g/mol. The molecule has 4 nitrogen and oxygen atoms in total. The summed E-state index contributed by atoms with van der Waals surface area (Å²) in [5.74, 6) is -0.102. The van der Waals surface area contributed by atoms with Gasteiger partial charge in [0.25, 0.3) is 5.69 Å². The Morgan fingerprint density at radius 3 is 2.38 bits per heavy atom. The monoisotopic (exact) mass is 341 g/mol. The second-order valence-electron chi connectivity index (χ2n) is 5.26. The lowest BCUT2D eigenvalue weighted by Gasteiger charge is -2.07. The number of hydrogen-bond acceptors (Lipinski definition) is 4. The highest BCUT2D eigenvalue weighted by Crippen LogP contribution is 2.30. The Morgan fingerprint density at radius 2 is 1.79 bits per heavy atom. The van der Waals surface area contributed by atoms with E-state index in [2.05, 4.69) is 6.92 Å². The van der Waals surface area contributed by atoms with Crippen LogP contribution in [0.3, 0.4) is 0 Å². The van der Waals surface area contributed by atoms with Crippen molar-refractivity contribution >= 4 is 23.2 Å². The Balaban J connectivity index is 2.23. The van der Waals surface area contributed by atoms with Gasteiger partial charge in [0.1, 0.15) is 0 Å². The van der Waals surface area contributed by atoms with E-state index in [-0.39, 0.29) is 11.5 Å². The zero-order valence-corrected chi connectivity index (χ0v) is 14.3. The molecule has 2 aromatic carbocycles. The summed E-state index contributed by atoms with van der Waals surface area (Å²) in [6.07, 6.45) is 4.88. The Bertz CT molecular complexity index is 724. The lowest BCUT2D eigenvalue weighted by atomic mass is 10.1. The minimum absolute atomic E-state index is 0.0150. The molecule has 24 heavy (non-hydrogen) atoms. The maximum Gasteiger partial charge on any atom is 0.269 e. The number of nitro groups is 1. The fourth-order valence-electron chi connectivity index (χ4n) is 2.11. The van der Waals surface area contributed by atoms with E-state index >= 15 is 0 Å². The highest BCUT2D eigenvalue weighted by atomic mass is 32.2. The van der Waals surface area contributed by atoms with Crippen LogP contribution in [0.4, 0.5) is 5.69 Å². The molecule has 0 unspecified atom stereocenters. The number of benzene rings is 2. The summed E-state index contributed by atoms with van der Waals surface area (Å²) in [6, 6.07) is 15.5. The van der Waals surface area contributed by atoms with Crippen LogP contribution in [0, 0.1) is 10.1 Å². The van der Waals surface area contributed by atoms with Crippen molar-refractivity contribution in [1.29, 1.82) is 0 Å². The zero-order chi connectivity index (χ0) is 17.4. The van der Waals surface area contributed by atoms with Crippen LogP contribution in [-0.2, 0) is 0 Å². The van der Waals surface area contributed by atoms with Gasteiger partial charge in [-0.1, -0.05) is 55.8 Å². The second kappa shape index (κ2) is 9.03. The molecule has 0 bridgehead atoms. The summed E-state index contributed by atoms with van der Waals surface area (Å²) in [5, 5.41) is 10.7. The van der Waals surface area contributed by atoms with Crippen molar-refractivity contribution in [2.24, 2.45) is 0 Å². The van der Waals surface area contributed by atoms with Crippen molar-refractivity contribution in [3.8, 4) is 0 Å². The number of carbonyl (C=O) groups excluding carboxylic acids is 1. The number of nitrogens with zero attached hydrogens (tertiary/aromatic N) is 1. The number of thioether (sulfide) groups is 1. The first-order valence-electron chi connectivity index (χ1n) is 7.84. The van der Waals surface area contributed by atoms with Crippen molar-refractivity contribution < 1.29 is 9.72 Å². The van der Waals surface area contributed by atoms with E-state index in [1.807, 2.05) is 36.4 Å². The molecule has 0 amide bonds. The number of unbranched alkanes of at least 4 members (excludes halogenated alkanes) is 2. The summed E-state index contributed by atoms with van der Waals surface area (Å²) >= 11 is 1.43. The number of ketones is 1. The number of nitro benzene ring substituents is 1. The summed E-state index contributed by atoms with van der Waals surface area (Å²) in [7, 11) is 0. The van der Waals surface area contributed by atoms with Crippen LogP contribution in [-0.4, -0.2) is 10.7 Å². The van der Waals surface area contributed by atoms with Crippen LogP contribution in [0.25, 0.3) is 0 Å². The Labute approximate surface area is 145 Å². The first-order chi connectivity index (χ1) is 11.6. The van der Waals surface area contributed by atoms with Gasteiger partial charge < -0.3 is 0 Å². The van der Waals surface area contributed by atoms with Crippen molar-refractivity contribution in [2.45, 2.75) is 31.1 Å². The van der Waals surface area contributed by atoms with E-state index in [9.17, 15) is 14.9 Å². The fourth-order valence-corrected chi connectivity index (χ4v) is 3.07. The highest BCUT2D eigenvalue weighted by Gasteiger charge is 2.15. The van der Waals surface area contributed by atoms with E-state index in [1.54, 1.807) is 0 Å². The third-order valence-electron chi connectivity index (χ3n) is 3.42. The molecule has 0 heterocycles. The fraction of sp³-hybridized carbons (Fsp3) is 0.211. The van der Waals surface area contributed by atoms with Crippen LogP contribution < -0.4 is 0 Å². The highest BCUT2D eigenvalue weighted by molar-refractivity contribution is 8.04. The molecule has 2 aromatic rings. The molecule has 0 radical (unpaired) electrons.